The van der Waals surface area contributed by atoms with Crippen molar-refractivity contribution in [2.45, 2.75) is 24.4 Å². The van der Waals surface area contributed by atoms with E-state index < -0.39 is 29.8 Å². The summed E-state index contributed by atoms with van der Waals surface area (Å²) in [5.74, 6) is 0. The topological polar surface area (TPSA) is 95.7 Å². The molecule has 7 heteroatoms. The molecule has 3 N–H and O–H groups in total. The molecule has 1 unspecified atom stereocenters. The zero-order chi connectivity index (χ0) is 9.42. The molecule has 2 saturated heterocycles. The highest BCUT2D eigenvalue weighted by Gasteiger charge is 2.49. The lowest BCUT2D eigenvalue weighted by molar-refractivity contribution is -1.21. The van der Waals surface area contributed by atoms with Gasteiger partial charge >= 0.3 is 0 Å². The monoisotopic (exact) mass is 193 g/mol. The van der Waals surface area contributed by atoms with Crippen LogP contribution in [0.25, 0.3) is 0 Å². The Kier molecular flexibility index (Phi) is 2.47. The van der Waals surface area contributed by atoms with Gasteiger partial charge in [0.05, 0.1) is 13.2 Å². The molecule has 2 rings (SSSR count). The molecule has 2 heterocycles. The molecule has 0 bridgehead atoms. The minimum Gasteiger partial charge on any atom is -0.566 e. The third-order valence-corrected chi connectivity index (χ3v) is 2.23. The largest absolute Gasteiger partial charge is 0.566 e. The van der Waals surface area contributed by atoms with Crippen LogP contribution >= 0.6 is 0 Å². The second-order valence-corrected chi connectivity index (χ2v) is 3.09. The highest BCUT2D eigenvalue weighted by atomic mass is 17.1. The van der Waals surface area contributed by atoms with Crippen molar-refractivity contribution in [3.63, 3.8) is 0 Å². The van der Waals surface area contributed by atoms with Crippen LogP contribution in [-0.2, 0) is 14.3 Å². The van der Waals surface area contributed by atoms with Crippen molar-refractivity contribution in [3.8, 4) is 0 Å². The molecule has 2 aliphatic rings. The van der Waals surface area contributed by atoms with Crippen LogP contribution < -0.4 is 5.39 Å². The molecule has 0 aliphatic carbocycles. The first-order valence-corrected chi connectivity index (χ1v) is 3.99. The van der Waals surface area contributed by atoms with Crippen molar-refractivity contribution < 1.29 is 30.0 Å². The van der Waals surface area contributed by atoms with Crippen molar-refractivity contribution >= 4 is 0 Å². The molecule has 7 nitrogen and oxygen atoms in total. The van der Waals surface area contributed by atoms with Gasteiger partial charge in [0.15, 0.2) is 6.10 Å². The van der Waals surface area contributed by atoms with Gasteiger partial charge in [0.25, 0.3) is 0 Å². The molecule has 13 heavy (non-hydrogen) atoms. The Morgan fingerprint density at radius 1 is 1.31 bits per heavy atom. The summed E-state index contributed by atoms with van der Waals surface area (Å²) in [6.45, 7) is 0.327. The van der Waals surface area contributed by atoms with Crippen LogP contribution in [0.1, 0.15) is 0 Å². The van der Waals surface area contributed by atoms with E-state index in [2.05, 4.69) is 4.84 Å². The van der Waals surface area contributed by atoms with Crippen LogP contribution in [0.3, 0.4) is 0 Å². The zero-order valence-electron chi connectivity index (χ0n) is 6.75. The fourth-order valence-electron chi connectivity index (χ4n) is 1.67. The van der Waals surface area contributed by atoms with Crippen molar-refractivity contribution in [3.05, 3.63) is 5.21 Å². The van der Waals surface area contributed by atoms with Crippen molar-refractivity contribution in [1.29, 1.82) is 0 Å². The van der Waals surface area contributed by atoms with Crippen molar-refractivity contribution in [2.75, 3.05) is 13.2 Å². The Balaban J connectivity index is 1.94. The molecule has 0 aromatic heterocycles. The summed E-state index contributed by atoms with van der Waals surface area (Å²) in [7, 11) is 0. The van der Waals surface area contributed by atoms with Gasteiger partial charge in [-0.15, -0.1) is 0 Å². The van der Waals surface area contributed by atoms with Gasteiger partial charge in [-0.25, -0.2) is 0 Å². The van der Waals surface area contributed by atoms with E-state index in [1.165, 1.54) is 0 Å². The molecule has 0 saturated carbocycles. The summed E-state index contributed by atoms with van der Waals surface area (Å²) in [5.41, 5.74) is 0. The number of ether oxygens (including phenoxy) is 2. The lowest BCUT2D eigenvalue weighted by atomic mass is 10.1. The van der Waals surface area contributed by atoms with Crippen molar-refractivity contribution in [2.24, 2.45) is 0 Å². The second kappa shape index (κ2) is 3.46. The highest BCUT2D eigenvalue weighted by molar-refractivity contribution is 4.94. The molecular formula is C6H11NO6. The first-order valence-electron chi connectivity index (χ1n) is 3.99. The van der Waals surface area contributed by atoms with Crippen LogP contribution in [0.2, 0.25) is 0 Å². The van der Waals surface area contributed by atoms with Gasteiger partial charge in [-0.1, -0.05) is 5.39 Å². The average Bonchev–Trinajstić information content (AvgIpc) is 2.56. The molecule has 0 spiro atoms. The maximum absolute atomic E-state index is 10.2. The number of hydrogen-bond donors (Lipinski definition) is 3. The molecule has 0 aromatic rings. The van der Waals surface area contributed by atoms with Gasteiger partial charge in [0, 0.05) is 0 Å². The predicted octanol–water partition coefficient (Wildman–Crippen LogP) is -2.78. The smallest absolute Gasteiger partial charge is 0.173 e. The second-order valence-electron chi connectivity index (χ2n) is 3.09. The molecule has 2 aliphatic heterocycles. The average molecular weight is 193 g/mol. The first kappa shape index (κ1) is 9.28. The molecule has 0 amide bonds. The van der Waals surface area contributed by atoms with Crippen LogP contribution in [0.15, 0.2) is 0 Å². The summed E-state index contributed by atoms with van der Waals surface area (Å²) >= 11 is 0. The van der Waals surface area contributed by atoms with Gasteiger partial charge in [-0.2, -0.15) is 10.0 Å². The number of hydrogen-bond acceptors (Lipinski definition) is 6. The summed E-state index contributed by atoms with van der Waals surface area (Å²) in [6, 6.07) is 0. The Labute approximate surface area is 73.9 Å². The van der Waals surface area contributed by atoms with E-state index in [4.69, 9.17) is 14.7 Å². The summed E-state index contributed by atoms with van der Waals surface area (Å²) in [5, 5.41) is 26.5. The summed E-state index contributed by atoms with van der Waals surface area (Å²) in [6.07, 6.45) is -2.18. The molecule has 2 fully saturated rings. The standard InChI is InChI=1S/C6H11NO6/c8-3-1-11-6-4(13-7(9)10)2-12-5(3)6/h3-9H,1-2H2/t3-,4+,5+,6+/m0/s1. The van der Waals surface area contributed by atoms with Crippen molar-refractivity contribution in [1.82, 2.24) is 0 Å². The molecular weight excluding hydrogens is 182 g/mol. The predicted molar refractivity (Wildman–Crippen MR) is 36.5 cm³/mol. The minimum atomic E-state index is -1.35. The Hall–Kier alpha value is -0.280. The summed E-state index contributed by atoms with van der Waals surface area (Å²) < 4.78 is 10.3. The number of fused-ring (bicyclic) bond motifs is 1. The van der Waals surface area contributed by atoms with Crippen LogP contribution in [0, 0.1) is 5.21 Å². The fraction of sp³-hybridized carbons (Fsp3) is 1.00. The fourth-order valence-corrected chi connectivity index (χ4v) is 1.67. The SMILES string of the molecule is [O-][NH+](O)O[C@@H]1CO[C@H]2[C@@H]1OC[C@@H]2O. The first-order chi connectivity index (χ1) is 6.18. The normalized spacial score (nSPS) is 46.4. The van der Waals surface area contributed by atoms with Gasteiger partial charge in [0.1, 0.15) is 18.3 Å². The molecule has 0 aromatic carbocycles. The third kappa shape index (κ3) is 1.67. The number of aliphatic hydroxyl groups excluding tert-OH is 1. The van der Waals surface area contributed by atoms with E-state index in [1.807, 2.05) is 0 Å². The molecule has 76 valence electrons. The van der Waals surface area contributed by atoms with E-state index in [1.54, 1.807) is 0 Å². The summed E-state index contributed by atoms with van der Waals surface area (Å²) in [4.78, 5) is 4.53. The highest BCUT2D eigenvalue weighted by Crippen LogP contribution is 2.27. The lowest BCUT2D eigenvalue weighted by Crippen LogP contribution is -3.04. The van der Waals surface area contributed by atoms with Gasteiger partial charge in [-0.05, 0) is 0 Å². The van der Waals surface area contributed by atoms with E-state index in [-0.39, 0.29) is 13.2 Å². The van der Waals surface area contributed by atoms with E-state index in [9.17, 15) is 10.3 Å². The van der Waals surface area contributed by atoms with E-state index in [0.717, 1.165) is 0 Å². The van der Waals surface area contributed by atoms with E-state index >= 15 is 0 Å². The number of quaternary nitrogens is 1. The third-order valence-electron chi connectivity index (χ3n) is 2.23. The number of aliphatic hydroxyl groups is 1. The molecule has 0 radical (unpaired) electrons. The van der Waals surface area contributed by atoms with E-state index in [0.29, 0.717) is 0 Å². The molecule has 5 atom stereocenters. The van der Waals surface area contributed by atoms with Gasteiger partial charge < -0.3 is 19.8 Å². The lowest BCUT2D eigenvalue weighted by Gasteiger charge is -2.18. The maximum atomic E-state index is 10.2. The number of rotatable bonds is 2. The maximum Gasteiger partial charge on any atom is 0.173 e. The van der Waals surface area contributed by atoms with Crippen LogP contribution in [0.4, 0.5) is 0 Å². The van der Waals surface area contributed by atoms with Gasteiger partial charge in [0.2, 0.25) is 0 Å². The van der Waals surface area contributed by atoms with Crippen LogP contribution in [0.5, 0.6) is 0 Å². The Morgan fingerprint density at radius 3 is 2.69 bits per heavy atom. The van der Waals surface area contributed by atoms with Crippen LogP contribution in [-0.4, -0.2) is 47.9 Å². The van der Waals surface area contributed by atoms with Gasteiger partial charge in [-0.3, -0.25) is 0 Å². The minimum absolute atomic E-state index is 0.151. The quantitative estimate of drug-likeness (QED) is 0.410. The Morgan fingerprint density at radius 2 is 2.00 bits per heavy atom. The Bertz CT molecular complexity index is 188. The zero-order valence-corrected chi connectivity index (χ0v) is 6.75. The number of nitrogens with one attached hydrogen (secondary N) is 1.